The maximum Gasteiger partial charge on any atom is 0.259 e. The van der Waals surface area contributed by atoms with Gasteiger partial charge in [0.2, 0.25) is 0 Å². The second-order valence-electron chi connectivity index (χ2n) is 6.94. The molecule has 25 heavy (non-hydrogen) atoms. The highest BCUT2D eigenvalue weighted by Crippen LogP contribution is 2.33. The van der Waals surface area contributed by atoms with Gasteiger partial charge in [0.15, 0.2) is 0 Å². The van der Waals surface area contributed by atoms with Crippen LogP contribution in [0, 0.1) is 0 Å². The highest BCUT2D eigenvalue weighted by molar-refractivity contribution is 6.10. The molecule has 4 heteroatoms. The lowest BCUT2D eigenvalue weighted by atomic mass is 10.1. The van der Waals surface area contributed by atoms with Crippen LogP contribution in [0.1, 0.15) is 41.4 Å². The van der Waals surface area contributed by atoms with E-state index in [4.69, 9.17) is 4.74 Å². The molecule has 1 aromatic heterocycles. The number of anilines is 1. The number of hydrogen-bond acceptors (Lipinski definition) is 2. The number of carbonyl (C=O) groups is 1. The minimum absolute atomic E-state index is 0.0354. The van der Waals surface area contributed by atoms with Crippen LogP contribution in [-0.2, 0) is 13.6 Å². The molecular formula is C21H22N2O2. The van der Waals surface area contributed by atoms with Gasteiger partial charge in [-0.1, -0.05) is 19.9 Å². The highest BCUT2D eigenvalue weighted by Gasteiger charge is 2.29. The average Bonchev–Trinajstić information content (AvgIpc) is 3.12. The number of nitrogens with zero attached hydrogens (tertiary/aromatic N) is 2. The average molecular weight is 334 g/mol. The molecule has 1 amide bonds. The van der Waals surface area contributed by atoms with Crippen molar-refractivity contribution in [2.45, 2.75) is 26.3 Å². The van der Waals surface area contributed by atoms with Crippen molar-refractivity contribution < 1.29 is 9.53 Å². The molecule has 0 N–H and O–H groups in total. The van der Waals surface area contributed by atoms with Crippen molar-refractivity contribution in [2.75, 3.05) is 12.0 Å². The van der Waals surface area contributed by atoms with Crippen molar-refractivity contribution in [3.05, 3.63) is 59.3 Å². The smallest absolute Gasteiger partial charge is 0.259 e. The molecule has 0 radical (unpaired) electrons. The highest BCUT2D eigenvalue weighted by atomic mass is 16.5. The fourth-order valence-electron chi connectivity index (χ4n) is 3.70. The normalized spacial score (nSPS) is 13.8. The maximum atomic E-state index is 12.8. The molecule has 0 spiro atoms. The third kappa shape index (κ3) is 2.40. The first-order valence-electron chi connectivity index (χ1n) is 8.57. The number of benzene rings is 2. The van der Waals surface area contributed by atoms with Crippen LogP contribution in [0.5, 0.6) is 5.75 Å². The van der Waals surface area contributed by atoms with Crippen molar-refractivity contribution in [3.63, 3.8) is 0 Å². The molecular weight excluding hydrogens is 312 g/mol. The van der Waals surface area contributed by atoms with Gasteiger partial charge in [-0.2, -0.15) is 0 Å². The number of methoxy groups -OCH3 is 1. The first kappa shape index (κ1) is 15.8. The Morgan fingerprint density at radius 1 is 1.08 bits per heavy atom. The molecule has 0 saturated heterocycles. The van der Waals surface area contributed by atoms with Gasteiger partial charge in [-0.05, 0) is 47.9 Å². The second kappa shape index (κ2) is 5.66. The number of fused-ring (bicyclic) bond motifs is 2. The summed E-state index contributed by atoms with van der Waals surface area (Å²) in [5.41, 5.74) is 5.21. The number of amides is 1. The summed E-state index contributed by atoms with van der Waals surface area (Å²) in [6.07, 6.45) is 0. The molecule has 0 unspecified atom stereocenters. The van der Waals surface area contributed by atoms with Gasteiger partial charge in [-0.15, -0.1) is 0 Å². The number of carbonyl (C=O) groups excluding carboxylic acids is 1. The fourth-order valence-corrected chi connectivity index (χ4v) is 3.70. The molecule has 0 saturated carbocycles. The molecule has 128 valence electrons. The van der Waals surface area contributed by atoms with Crippen LogP contribution >= 0.6 is 0 Å². The molecule has 1 aliphatic rings. The van der Waals surface area contributed by atoms with E-state index in [0.29, 0.717) is 18.2 Å². The number of aryl methyl sites for hydroxylation is 1. The Morgan fingerprint density at radius 3 is 2.60 bits per heavy atom. The number of ether oxygens (including phenoxy) is 1. The second-order valence-corrected chi connectivity index (χ2v) is 6.94. The maximum absolute atomic E-state index is 12.8. The summed E-state index contributed by atoms with van der Waals surface area (Å²) >= 11 is 0. The lowest BCUT2D eigenvalue weighted by Gasteiger charge is -2.16. The number of rotatable bonds is 3. The van der Waals surface area contributed by atoms with Gasteiger partial charge in [-0.3, -0.25) is 4.79 Å². The molecule has 0 aliphatic carbocycles. The van der Waals surface area contributed by atoms with Crippen molar-refractivity contribution in [1.29, 1.82) is 0 Å². The fraction of sp³-hybridized carbons (Fsp3) is 0.286. The first-order valence-corrected chi connectivity index (χ1v) is 8.57. The van der Waals surface area contributed by atoms with E-state index in [9.17, 15) is 4.79 Å². The van der Waals surface area contributed by atoms with Crippen LogP contribution in [0.2, 0.25) is 0 Å². The van der Waals surface area contributed by atoms with E-state index in [1.807, 2.05) is 29.2 Å². The van der Waals surface area contributed by atoms with Gasteiger partial charge >= 0.3 is 0 Å². The summed E-state index contributed by atoms with van der Waals surface area (Å²) in [6, 6.07) is 14.2. The van der Waals surface area contributed by atoms with E-state index in [1.54, 1.807) is 7.11 Å². The van der Waals surface area contributed by atoms with E-state index in [0.717, 1.165) is 16.8 Å². The molecule has 2 aromatic carbocycles. The Kier molecular flexibility index (Phi) is 3.57. The largest absolute Gasteiger partial charge is 0.497 e. The Labute approximate surface area is 147 Å². The Morgan fingerprint density at radius 2 is 1.88 bits per heavy atom. The van der Waals surface area contributed by atoms with E-state index in [1.165, 1.54) is 16.6 Å². The van der Waals surface area contributed by atoms with E-state index in [-0.39, 0.29) is 5.91 Å². The Hall–Kier alpha value is -2.75. The predicted molar refractivity (Wildman–Crippen MR) is 101 cm³/mol. The standard InChI is InChI=1S/C21H22N2O2/c1-13(2)20-10-15-9-16(6-8-19(15)22(20)3)23-12-14-5-7-17(25-4)11-18(14)21(23)24/h5-11,13H,12H2,1-4H3. The number of hydrogen-bond donors (Lipinski definition) is 0. The van der Waals surface area contributed by atoms with Gasteiger partial charge < -0.3 is 14.2 Å². The Bertz CT molecular complexity index is 985. The topological polar surface area (TPSA) is 34.5 Å². The van der Waals surface area contributed by atoms with E-state index >= 15 is 0 Å². The van der Waals surface area contributed by atoms with Gasteiger partial charge in [0.1, 0.15) is 5.75 Å². The van der Waals surface area contributed by atoms with Crippen LogP contribution in [0.3, 0.4) is 0 Å². The SMILES string of the molecule is COc1ccc2c(c1)C(=O)N(c1ccc3c(c1)cc(C(C)C)n3C)C2. The monoisotopic (exact) mass is 334 g/mol. The third-order valence-electron chi connectivity index (χ3n) is 5.09. The molecule has 1 aliphatic heterocycles. The number of aromatic nitrogens is 1. The van der Waals surface area contributed by atoms with Crippen molar-refractivity contribution in [2.24, 2.45) is 7.05 Å². The minimum Gasteiger partial charge on any atom is -0.497 e. The summed E-state index contributed by atoms with van der Waals surface area (Å²) < 4.78 is 7.48. The molecule has 0 bridgehead atoms. The summed E-state index contributed by atoms with van der Waals surface area (Å²) in [7, 11) is 3.72. The lowest BCUT2D eigenvalue weighted by molar-refractivity contribution is 0.0996. The van der Waals surface area contributed by atoms with Crippen LogP contribution in [0.4, 0.5) is 5.69 Å². The molecule has 4 nitrogen and oxygen atoms in total. The van der Waals surface area contributed by atoms with Crippen molar-refractivity contribution >= 4 is 22.5 Å². The summed E-state index contributed by atoms with van der Waals surface area (Å²) in [6.45, 7) is 5.00. The lowest BCUT2D eigenvalue weighted by Crippen LogP contribution is -2.22. The molecule has 0 atom stereocenters. The predicted octanol–water partition coefficient (Wildman–Crippen LogP) is 4.47. The first-order chi connectivity index (χ1) is 12.0. The summed E-state index contributed by atoms with van der Waals surface area (Å²) in [5, 5.41) is 1.17. The van der Waals surface area contributed by atoms with Gasteiger partial charge in [0.25, 0.3) is 5.91 Å². The zero-order valence-corrected chi connectivity index (χ0v) is 15.0. The van der Waals surface area contributed by atoms with Gasteiger partial charge in [-0.25, -0.2) is 0 Å². The van der Waals surface area contributed by atoms with Crippen LogP contribution < -0.4 is 9.64 Å². The zero-order valence-electron chi connectivity index (χ0n) is 15.0. The van der Waals surface area contributed by atoms with E-state index in [2.05, 4.69) is 43.7 Å². The minimum atomic E-state index is 0.0354. The molecule has 0 fully saturated rings. The molecule has 2 heterocycles. The molecule has 4 rings (SSSR count). The Balaban J connectivity index is 1.74. The van der Waals surface area contributed by atoms with Crippen LogP contribution in [0.15, 0.2) is 42.5 Å². The van der Waals surface area contributed by atoms with E-state index < -0.39 is 0 Å². The van der Waals surface area contributed by atoms with Crippen molar-refractivity contribution in [1.82, 2.24) is 4.57 Å². The van der Waals surface area contributed by atoms with Crippen LogP contribution in [0.25, 0.3) is 10.9 Å². The summed E-state index contributed by atoms with van der Waals surface area (Å²) in [4.78, 5) is 14.7. The van der Waals surface area contributed by atoms with Crippen LogP contribution in [-0.4, -0.2) is 17.6 Å². The quantitative estimate of drug-likeness (QED) is 0.708. The van der Waals surface area contributed by atoms with Gasteiger partial charge in [0, 0.05) is 34.9 Å². The van der Waals surface area contributed by atoms with Crippen molar-refractivity contribution in [3.8, 4) is 5.75 Å². The van der Waals surface area contributed by atoms with Gasteiger partial charge in [0.05, 0.1) is 13.7 Å². The zero-order chi connectivity index (χ0) is 17.7. The summed E-state index contributed by atoms with van der Waals surface area (Å²) in [5.74, 6) is 1.22. The third-order valence-corrected chi connectivity index (χ3v) is 5.09. The molecule has 3 aromatic rings.